The summed E-state index contributed by atoms with van der Waals surface area (Å²) in [6.45, 7) is 4.90. The second kappa shape index (κ2) is 6.89. The van der Waals surface area contributed by atoms with Gasteiger partial charge in [-0.25, -0.2) is 0 Å². The molecule has 1 rings (SSSR count). The predicted molar refractivity (Wildman–Crippen MR) is 67.0 cm³/mol. The van der Waals surface area contributed by atoms with Crippen molar-refractivity contribution < 1.29 is 4.79 Å². The lowest BCUT2D eigenvalue weighted by atomic mass is 9.96. The molecule has 0 aromatic rings. The van der Waals surface area contributed by atoms with Crippen molar-refractivity contribution in [3.05, 3.63) is 0 Å². The van der Waals surface area contributed by atoms with Gasteiger partial charge in [-0.15, -0.1) is 0 Å². The number of amides is 1. The van der Waals surface area contributed by atoms with Crippen molar-refractivity contribution in [3.63, 3.8) is 0 Å². The predicted octanol–water partition coefficient (Wildman–Crippen LogP) is 2.06. The average molecular weight is 226 g/mol. The number of nitrogens with two attached hydrogens (primary N) is 1. The first-order valence-electron chi connectivity index (χ1n) is 6.69. The van der Waals surface area contributed by atoms with E-state index in [1.165, 1.54) is 12.8 Å². The fourth-order valence-corrected chi connectivity index (χ4v) is 2.54. The topological polar surface area (TPSA) is 55.1 Å². The summed E-state index contributed by atoms with van der Waals surface area (Å²) in [4.78, 5) is 12.0. The summed E-state index contributed by atoms with van der Waals surface area (Å²) in [5, 5.41) is 3.11. The van der Waals surface area contributed by atoms with E-state index in [9.17, 15) is 4.79 Å². The minimum absolute atomic E-state index is 0.181. The van der Waals surface area contributed by atoms with Crippen LogP contribution in [0.1, 0.15) is 52.4 Å². The van der Waals surface area contributed by atoms with Crippen LogP contribution in [-0.4, -0.2) is 18.5 Å². The van der Waals surface area contributed by atoms with Gasteiger partial charge >= 0.3 is 0 Å². The molecule has 0 radical (unpaired) electrons. The Hall–Kier alpha value is -0.570. The molecule has 1 fully saturated rings. The maximum atomic E-state index is 12.0. The van der Waals surface area contributed by atoms with Gasteiger partial charge < -0.3 is 11.1 Å². The third-order valence-corrected chi connectivity index (χ3v) is 3.74. The van der Waals surface area contributed by atoms with Gasteiger partial charge in [-0.05, 0) is 25.2 Å². The molecule has 1 saturated carbocycles. The Kier molecular flexibility index (Phi) is 5.81. The fourth-order valence-electron chi connectivity index (χ4n) is 2.54. The van der Waals surface area contributed by atoms with E-state index in [4.69, 9.17) is 5.73 Å². The third kappa shape index (κ3) is 3.78. The molecule has 3 atom stereocenters. The van der Waals surface area contributed by atoms with Crippen LogP contribution in [0.25, 0.3) is 0 Å². The zero-order chi connectivity index (χ0) is 12.0. The van der Waals surface area contributed by atoms with Crippen LogP contribution in [0.2, 0.25) is 0 Å². The van der Waals surface area contributed by atoms with Gasteiger partial charge in [0.05, 0.1) is 0 Å². The van der Waals surface area contributed by atoms with Crippen LogP contribution < -0.4 is 11.1 Å². The lowest BCUT2D eigenvalue weighted by Crippen LogP contribution is -2.43. The molecule has 0 aromatic heterocycles. The monoisotopic (exact) mass is 226 g/mol. The quantitative estimate of drug-likeness (QED) is 0.728. The maximum absolute atomic E-state index is 12.0. The van der Waals surface area contributed by atoms with Gasteiger partial charge in [0.1, 0.15) is 0 Å². The number of hydrogen-bond acceptors (Lipinski definition) is 2. The Morgan fingerprint density at radius 2 is 2.25 bits per heavy atom. The van der Waals surface area contributed by atoms with Crippen molar-refractivity contribution in [1.29, 1.82) is 0 Å². The van der Waals surface area contributed by atoms with Crippen LogP contribution in [-0.2, 0) is 4.79 Å². The van der Waals surface area contributed by atoms with E-state index < -0.39 is 0 Å². The first kappa shape index (κ1) is 13.5. The molecule has 1 aliphatic carbocycles. The molecule has 3 nitrogen and oxygen atoms in total. The molecule has 1 aliphatic rings. The molecule has 0 saturated heterocycles. The third-order valence-electron chi connectivity index (χ3n) is 3.74. The zero-order valence-electron chi connectivity index (χ0n) is 10.7. The summed E-state index contributed by atoms with van der Waals surface area (Å²) >= 11 is 0. The van der Waals surface area contributed by atoms with Crippen molar-refractivity contribution in [1.82, 2.24) is 5.32 Å². The first-order valence-corrected chi connectivity index (χ1v) is 6.69. The normalized spacial score (nSPS) is 26.7. The molecule has 0 aliphatic heterocycles. The Balaban J connectivity index is 2.35. The van der Waals surface area contributed by atoms with E-state index in [0.717, 1.165) is 25.7 Å². The fraction of sp³-hybridized carbons (Fsp3) is 0.923. The lowest BCUT2D eigenvalue weighted by Gasteiger charge is -2.21. The number of carbonyl (C=O) groups excluding carboxylic acids is 1. The average Bonchev–Trinajstić information content (AvgIpc) is 2.70. The van der Waals surface area contributed by atoms with E-state index in [0.29, 0.717) is 12.5 Å². The molecular formula is C13H26N2O. The van der Waals surface area contributed by atoms with Gasteiger partial charge in [0.2, 0.25) is 5.91 Å². The smallest absolute Gasteiger partial charge is 0.223 e. The molecule has 3 heteroatoms. The summed E-state index contributed by atoms with van der Waals surface area (Å²) in [6.07, 6.45) is 6.76. The van der Waals surface area contributed by atoms with Gasteiger partial charge in [0, 0.05) is 18.5 Å². The largest absolute Gasteiger partial charge is 0.352 e. The molecule has 0 bridgehead atoms. The highest BCUT2D eigenvalue weighted by Gasteiger charge is 2.30. The summed E-state index contributed by atoms with van der Waals surface area (Å²) in [5.41, 5.74) is 5.68. The first-order chi connectivity index (χ1) is 7.69. The van der Waals surface area contributed by atoms with Crippen molar-refractivity contribution in [2.75, 3.05) is 6.54 Å². The van der Waals surface area contributed by atoms with E-state index in [1.54, 1.807) is 0 Å². The summed E-state index contributed by atoms with van der Waals surface area (Å²) in [6, 6.07) is 0.181. The Morgan fingerprint density at radius 1 is 1.50 bits per heavy atom. The van der Waals surface area contributed by atoms with E-state index in [-0.39, 0.29) is 17.9 Å². The number of rotatable bonds is 6. The van der Waals surface area contributed by atoms with Crippen LogP contribution in [0.5, 0.6) is 0 Å². The Bertz CT molecular complexity index is 218. The maximum Gasteiger partial charge on any atom is 0.223 e. The van der Waals surface area contributed by atoms with E-state index in [2.05, 4.69) is 19.2 Å². The summed E-state index contributed by atoms with van der Waals surface area (Å²) in [7, 11) is 0. The second-order valence-electron chi connectivity index (χ2n) is 5.10. The minimum Gasteiger partial charge on any atom is -0.352 e. The molecular weight excluding hydrogens is 200 g/mol. The lowest BCUT2D eigenvalue weighted by molar-refractivity contribution is -0.126. The van der Waals surface area contributed by atoms with Crippen molar-refractivity contribution in [2.45, 2.75) is 58.4 Å². The number of carbonyl (C=O) groups is 1. The van der Waals surface area contributed by atoms with Crippen molar-refractivity contribution in [2.24, 2.45) is 17.6 Å². The van der Waals surface area contributed by atoms with Crippen LogP contribution >= 0.6 is 0 Å². The summed E-state index contributed by atoms with van der Waals surface area (Å²) < 4.78 is 0. The van der Waals surface area contributed by atoms with E-state index in [1.807, 2.05) is 0 Å². The molecule has 16 heavy (non-hydrogen) atoms. The molecule has 3 N–H and O–H groups in total. The van der Waals surface area contributed by atoms with E-state index >= 15 is 0 Å². The molecule has 0 aromatic carbocycles. The van der Waals surface area contributed by atoms with Gasteiger partial charge in [0.25, 0.3) is 0 Å². The SMILES string of the molecule is CCCCC(CN)NC(=O)C1CCCC1C. The Morgan fingerprint density at radius 3 is 2.75 bits per heavy atom. The zero-order valence-corrected chi connectivity index (χ0v) is 10.7. The highest BCUT2D eigenvalue weighted by molar-refractivity contribution is 5.79. The molecule has 1 amide bonds. The number of hydrogen-bond donors (Lipinski definition) is 2. The summed E-state index contributed by atoms with van der Waals surface area (Å²) in [5.74, 6) is 1.01. The molecule has 3 unspecified atom stereocenters. The van der Waals surface area contributed by atoms with Gasteiger partial charge in [0.15, 0.2) is 0 Å². The van der Waals surface area contributed by atoms with Crippen LogP contribution in [0.3, 0.4) is 0 Å². The highest BCUT2D eigenvalue weighted by atomic mass is 16.2. The number of nitrogens with one attached hydrogen (secondary N) is 1. The second-order valence-corrected chi connectivity index (χ2v) is 5.10. The molecule has 0 heterocycles. The van der Waals surface area contributed by atoms with Crippen LogP contribution in [0.15, 0.2) is 0 Å². The Labute approximate surface area is 99.2 Å². The number of unbranched alkanes of at least 4 members (excludes halogenated alkanes) is 1. The highest BCUT2D eigenvalue weighted by Crippen LogP contribution is 2.31. The van der Waals surface area contributed by atoms with Gasteiger partial charge in [-0.2, -0.15) is 0 Å². The van der Waals surface area contributed by atoms with Gasteiger partial charge in [-0.1, -0.05) is 33.1 Å². The molecule has 94 valence electrons. The van der Waals surface area contributed by atoms with Crippen LogP contribution in [0, 0.1) is 11.8 Å². The van der Waals surface area contributed by atoms with Crippen molar-refractivity contribution in [3.8, 4) is 0 Å². The standard InChI is InChI=1S/C13H26N2O/c1-3-4-7-11(9-14)15-13(16)12-8-5-6-10(12)2/h10-12H,3-9,14H2,1-2H3,(H,15,16). The van der Waals surface area contributed by atoms with Crippen LogP contribution in [0.4, 0.5) is 0 Å². The molecule has 0 spiro atoms. The van der Waals surface area contributed by atoms with Crippen molar-refractivity contribution >= 4 is 5.91 Å². The van der Waals surface area contributed by atoms with Gasteiger partial charge in [-0.3, -0.25) is 4.79 Å². The minimum atomic E-state index is 0.181.